The van der Waals surface area contributed by atoms with Gasteiger partial charge in [0.15, 0.2) is 0 Å². The molecule has 4 heterocycles. The third-order valence-electron chi connectivity index (χ3n) is 2.70. The first-order valence-electron chi connectivity index (χ1n) is 5.48. The zero-order valence-electron chi connectivity index (χ0n) is 9.69. The van der Waals surface area contributed by atoms with Gasteiger partial charge in [0.2, 0.25) is 11.6 Å². The fraction of sp³-hybridized carbons (Fsp3) is 0. The second-order valence-corrected chi connectivity index (χ2v) is 4.29. The van der Waals surface area contributed by atoms with Gasteiger partial charge < -0.3 is 0 Å². The van der Waals surface area contributed by atoms with Gasteiger partial charge in [0.25, 0.3) is 0 Å². The summed E-state index contributed by atoms with van der Waals surface area (Å²) in [6.07, 6.45) is 1.76. The lowest BCUT2D eigenvalue weighted by molar-refractivity contribution is 0.881. The average Bonchev–Trinajstić information content (AvgIpc) is 3.17. The number of nitrogens with zero attached hydrogens (tertiary/aromatic N) is 8. The number of aromatic nitrogens is 10. The molecule has 0 amide bonds. The summed E-state index contributed by atoms with van der Waals surface area (Å²) in [5.41, 5.74) is 1.71. The van der Waals surface area contributed by atoms with Crippen LogP contribution in [0.25, 0.3) is 28.7 Å². The van der Waals surface area contributed by atoms with Gasteiger partial charge in [-0.25, -0.2) is 4.98 Å². The van der Waals surface area contributed by atoms with E-state index in [2.05, 4.69) is 46.2 Å². The number of nitrogens with one attached hydrogen (secondary N) is 2. The van der Waals surface area contributed by atoms with Crippen molar-refractivity contribution in [2.24, 2.45) is 0 Å². The Morgan fingerprint density at radius 2 is 1.80 bits per heavy atom. The first-order valence-corrected chi connectivity index (χ1v) is 5.86. The Morgan fingerprint density at radius 3 is 2.50 bits per heavy atom. The molecule has 0 spiro atoms. The fourth-order valence-electron chi connectivity index (χ4n) is 1.91. The molecule has 4 aromatic heterocycles. The Labute approximate surface area is 115 Å². The lowest BCUT2D eigenvalue weighted by atomic mass is 10.3. The van der Waals surface area contributed by atoms with E-state index in [0.29, 0.717) is 33.7 Å². The molecule has 0 radical (unpaired) electrons. The molecule has 0 atom stereocenters. The summed E-state index contributed by atoms with van der Waals surface area (Å²) < 4.78 is 1.78. The molecule has 0 saturated carbocycles. The molecule has 10 nitrogen and oxygen atoms in total. The van der Waals surface area contributed by atoms with Gasteiger partial charge in [-0.2, -0.15) is 10.4 Å². The van der Waals surface area contributed by atoms with Crippen LogP contribution in [-0.4, -0.2) is 50.6 Å². The van der Waals surface area contributed by atoms with Crippen LogP contribution in [0.3, 0.4) is 0 Å². The van der Waals surface area contributed by atoms with E-state index in [4.69, 9.17) is 11.6 Å². The molecule has 4 rings (SSSR count). The summed E-state index contributed by atoms with van der Waals surface area (Å²) in [6, 6.07) is 3.45. The first-order chi connectivity index (χ1) is 9.83. The Hall–Kier alpha value is -2.88. The standard InChI is InChI=1S/C9H5ClN10/c10-4-1-2-20-5(3-4)11-6(8-12-16-17-13-8)7(20)9-14-18-19-15-9/h1-3H,(H,12,13,16,17)(H,14,15,18,19). The average molecular weight is 289 g/mol. The fourth-order valence-corrected chi connectivity index (χ4v) is 2.07. The second-order valence-electron chi connectivity index (χ2n) is 3.85. The normalized spacial score (nSPS) is 11.2. The summed E-state index contributed by atoms with van der Waals surface area (Å²) >= 11 is 5.98. The maximum atomic E-state index is 5.98. The van der Waals surface area contributed by atoms with Gasteiger partial charge in [0, 0.05) is 17.3 Å². The van der Waals surface area contributed by atoms with E-state index in [1.807, 2.05) is 0 Å². The van der Waals surface area contributed by atoms with Gasteiger partial charge in [-0.05, 0) is 16.5 Å². The zero-order valence-corrected chi connectivity index (χ0v) is 10.4. The van der Waals surface area contributed by atoms with E-state index in [-0.39, 0.29) is 0 Å². The molecule has 4 aromatic rings. The maximum absolute atomic E-state index is 5.98. The number of pyridine rings is 1. The number of aromatic amines is 2. The van der Waals surface area contributed by atoms with Crippen molar-refractivity contribution < 1.29 is 0 Å². The van der Waals surface area contributed by atoms with Crippen molar-refractivity contribution in [1.29, 1.82) is 0 Å². The quantitative estimate of drug-likeness (QED) is 0.545. The lowest BCUT2D eigenvalue weighted by Gasteiger charge is -1.98. The Morgan fingerprint density at radius 1 is 1.05 bits per heavy atom. The van der Waals surface area contributed by atoms with Gasteiger partial charge in [-0.15, -0.1) is 20.4 Å². The van der Waals surface area contributed by atoms with Crippen molar-refractivity contribution >= 4 is 17.2 Å². The minimum Gasteiger partial charge on any atom is -0.296 e. The van der Waals surface area contributed by atoms with Gasteiger partial charge in [-0.3, -0.25) is 4.40 Å². The summed E-state index contributed by atoms with van der Waals surface area (Å²) in [6.45, 7) is 0. The van der Waals surface area contributed by atoms with Crippen LogP contribution in [-0.2, 0) is 0 Å². The Kier molecular flexibility index (Phi) is 2.23. The number of hydrogen-bond acceptors (Lipinski definition) is 7. The van der Waals surface area contributed by atoms with Crippen LogP contribution in [0.2, 0.25) is 5.02 Å². The molecule has 11 heteroatoms. The van der Waals surface area contributed by atoms with E-state index >= 15 is 0 Å². The van der Waals surface area contributed by atoms with Crippen LogP contribution in [0.1, 0.15) is 0 Å². The van der Waals surface area contributed by atoms with Crippen molar-refractivity contribution in [2.75, 3.05) is 0 Å². The van der Waals surface area contributed by atoms with Crippen molar-refractivity contribution in [3.05, 3.63) is 23.4 Å². The molecule has 0 saturated heterocycles. The summed E-state index contributed by atoms with van der Waals surface area (Å²) in [5, 5.41) is 28.3. The van der Waals surface area contributed by atoms with Gasteiger partial charge in [0.1, 0.15) is 17.0 Å². The smallest absolute Gasteiger partial charge is 0.225 e. The number of fused-ring (bicyclic) bond motifs is 1. The third-order valence-corrected chi connectivity index (χ3v) is 2.94. The van der Waals surface area contributed by atoms with Gasteiger partial charge >= 0.3 is 0 Å². The summed E-state index contributed by atoms with van der Waals surface area (Å²) in [4.78, 5) is 4.44. The van der Waals surface area contributed by atoms with Crippen LogP contribution in [0.5, 0.6) is 0 Å². The topological polar surface area (TPSA) is 126 Å². The van der Waals surface area contributed by atoms with Gasteiger partial charge in [-0.1, -0.05) is 11.6 Å². The highest BCUT2D eigenvalue weighted by atomic mass is 35.5. The molecule has 0 bridgehead atoms. The van der Waals surface area contributed by atoms with Crippen molar-refractivity contribution in [1.82, 2.24) is 50.6 Å². The second kappa shape index (κ2) is 4.06. The van der Waals surface area contributed by atoms with Crippen LogP contribution in [0, 0.1) is 0 Å². The van der Waals surface area contributed by atoms with Gasteiger partial charge in [0.05, 0.1) is 0 Å². The molecule has 98 valence electrons. The van der Waals surface area contributed by atoms with E-state index in [1.165, 1.54) is 0 Å². The SMILES string of the molecule is Clc1ccn2c(-c3nn[nH]n3)c(-c3nn[nH]n3)nc2c1. The molecule has 0 unspecified atom stereocenters. The predicted molar refractivity (Wildman–Crippen MR) is 66.5 cm³/mol. The maximum Gasteiger partial charge on any atom is 0.225 e. The Bertz CT molecular complexity index is 862. The minimum atomic E-state index is 0.338. The lowest BCUT2D eigenvalue weighted by Crippen LogP contribution is -1.92. The molecule has 2 N–H and O–H groups in total. The number of hydrogen-bond donors (Lipinski definition) is 2. The highest BCUT2D eigenvalue weighted by molar-refractivity contribution is 6.30. The monoisotopic (exact) mass is 288 g/mol. The molecular weight excluding hydrogens is 284 g/mol. The number of rotatable bonds is 2. The van der Waals surface area contributed by atoms with E-state index in [9.17, 15) is 0 Å². The largest absolute Gasteiger partial charge is 0.296 e. The molecule has 0 aliphatic rings. The number of halogens is 1. The van der Waals surface area contributed by atoms with Crippen LogP contribution < -0.4 is 0 Å². The number of imidazole rings is 1. The van der Waals surface area contributed by atoms with Crippen LogP contribution >= 0.6 is 11.6 Å². The third kappa shape index (κ3) is 1.55. The minimum absolute atomic E-state index is 0.338. The Balaban J connectivity index is 2.09. The van der Waals surface area contributed by atoms with E-state index < -0.39 is 0 Å². The first kappa shape index (κ1) is 11.0. The van der Waals surface area contributed by atoms with Crippen LogP contribution in [0.15, 0.2) is 18.3 Å². The molecule has 20 heavy (non-hydrogen) atoms. The molecular formula is C9H5ClN10. The number of tetrazole rings is 2. The summed E-state index contributed by atoms with van der Waals surface area (Å²) in [7, 11) is 0. The van der Waals surface area contributed by atoms with Crippen LogP contribution in [0.4, 0.5) is 0 Å². The highest BCUT2D eigenvalue weighted by Crippen LogP contribution is 2.28. The zero-order chi connectivity index (χ0) is 13.5. The molecule has 0 aliphatic carbocycles. The summed E-state index contributed by atoms with van der Waals surface area (Å²) in [5.74, 6) is 0.712. The van der Waals surface area contributed by atoms with Crippen molar-refractivity contribution in [3.63, 3.8) is 0 Å². The predicted octanol–water partition coefficient (Wildman–Crippen LogP) is 0.348. The molecule has 0 aliphatic heterocycles. The van der Waals surface area contributed by atoms with Crippen molar-refractivity contribution in [2.45, 2.75) is 0 Å². The molecule has 0 aromatic carbocycles. The highest BCUT2D eigenvalue weighted by Gasteiger charge is 2.21. The molecule has 0 fully saturated rings. The van der Waals surface area contributed by atoms with E-state index in [0.717, 1.165) is 0 Å². The van der Waals surface area contributed by atoms with E-state index in [1.54, 1.807) is 22.7 Å². The number of H-pyrrole nitrogens is 2. The van der Waals surface area contributed by atoms with Crippen molar-refractivity contribution in [3.8, 4) is 23.0 Å².